The normalized spacial score (nSPS) is 22.1. The van der Waals surface area contributed by atoms with Crippen LogP contribution >= 0.6 is 0 Å². The summed E-state index contributed by atoms with van der Waals surface area (Å²) >= 11 is 0. The highest BCUT2D eigenvalue weighted by molar-refractivity contribution is 6.08. The fourth-order valence-corrected chi connectivity index (χ4v) is 4.67. The number of nitrogens with zero attached hydrogens (tertiary/aromatic N) is 2. The summed E-state index contributed by atoms with van der Waals surface area (Å²) in [5.74, 6) is -1.56. The summed E-state index contributed by atoms with van der Waals surface area (Å²) < 4.78 is 25.8. The largest absolute Gasteiger partial charge is 0.494 e. The van der Waals surface area contributed by atoms with Gasteiger partial charge in [0.25, 0.3) is 11.8 Å². The molecule has 1 fully saturated rings. The van der Waals surface area contributed by atoms with Crippen molar-refractivity contribution in [3.8, 4) is 5.75 Å². The maximum Gasteiger partial charge on any atom is 0.322 e. The highest BCUT2D eigenvalue weighted by atomic mass is 19.1. The minimum absolute atomic E-state index is 0.0508. The summed E-state index contributed by atoms with van der Waals surface area (Å²) in [6, 6.07) is 3.92. The Bertz CT molecular complexity index is 1430. The van der Waals surface area contributed by atoms with Crippen LogP contribution in [0.1, 0.15) is 27.4 Å². The molecule has 6 rings (SSSR count). The predicted octanol–water partition coefficient (Wildman–Crippen LogP) is 1.72. The van der Waals surface area contributed by atoms with E-state index in [9.17, 15) is 18.8 Å². The highest BCUT2D eigenvalue weighted by Crippen LogP contribution is 2.38. The Kier molecular flexibility index (Phi) is 4.74. The van der Waals surface area contributed by atoms with Crippen LogP contribution in [0.2, 0.25) is 0 Å². The number of rotatable bonds is 6. The van der Waals surface area contributed by atoms with Gasteiger partial charge in [0.05, 0.1) is 36.8 Å². The number of amides is 4. The van der Waals surface area contributed by atoms with E-state index in [0.29, 0.717) is 17.0 Å². The van der Waals surface area contributed by atoms with Gasteiger partial charge in [0.1, 0.15) is 17.7 Å². The summed E-state index contributed by atoms with van der Waals surface area (Å²) in [6.45, 7) is -0.220. The molecule has 5 heterocycles. The molecule has 4 amide bonds. The molecule has 0 saturated carbocycles. The van der Waals surface area contributed by atoms with Crippen LogP contribution < -0.4 is 26.0 Å². The zero-order valence-electron chi connectivity index (χ0n) is 18.8. The lowest BCUT2D eigenvalue weighted by atomic mass is 9.95. The first-order chi connectivity index (χ1) is 17.4. The minimum Gasteiger partial charge on any atom is -0.494 e. The number of benzene rings is 1. The minimum atomic E-state index is -1.71. The number of aromatic amines is 1. The molecular weight excluding hydrogens is 473 g/mol. The van der Waals surface area contributed by atoms with Crippen LogP contribution in [-0.4, -0.2) is 52.8 Å². The van der Waals surface area contributed by atoms with Gasteiger partial charge in [0.2, 0.25) is 0 Å². The maximum atomic E-state index is 14.8. The molecule has 1 unspecified atom stereocenters. The molecule has 3 aliphatic rings. The smallest absolute Gasteiger partial charge is 0.322 e. The molecule has 0 aliphatic carbocycles. The molecule has 0 radical (unpaired) electrons. The van der Waals surface area contributed by atoms with Gasteiger partial charge in [-0.25, -0.2) is 9.18 Å². The zero-order valence-corrected chi connectivity index (χ0v) is 18.8. The lowest BCUT2D eigenvalue weighted by molar-refractivity contribution is -0.125. The fraction of sp³-hybridized carbons (Fsp3) is 0.217. The number of imide groups is 1. The molecule has 0 spiro atoms. The van der Waals surface area contributed by atoms with Gasteiger partial charge in [-0.1, -0.05) is 6.07 Å². The van der Waals surface area contributed by atoms with E-state index in [1.807, 2.05) is 6.08 Å². The second-order valence-corrected chi connectivity index (χ2v) is 8.59. The molecule has 12 nitrogen and oxygen atoms in total. The SMILES string of the molecule is COc1ccc2c(c1F)C(=O)N(C[C@@]1(c3cc4c(o3)C=CC(Nc3cn[nH]c3)N4)NC(=O)NC1=O)C2. The van der Waals surface area contributed by atoms with Crippen molar-refractivity contribution in [2.45, 2.75) is 18.2 Å². The summed E-state index contributed by atoms with van der Waals surface area (Å²) in [4.78, 5) is 39.7. The Morgan fingerprint density at radius 2 is 2.19 bits per heavy atom. The number of hydrogen-bond donors (Lipinski definition) is 5. The molecule has 2 atom stereocenters. The standard InChI is InChI=1S/C23H20FN7O5/c1-35-15-3-2-11-9-31(20(32)18(11)19(15)24)10-23(21(33)29-22(34)30-23)16-6-13-14(36-16)4-5-17(28-13)27-12-7-25-26-8-12/h2-8,17,27-28H,9-10H2,1H3,(H,25,26)(H2,29,30,33,34)/t17?,23-/m0/s1. The molecule has 1 aromatic carbocycles. The number of halogens is 1. The monoisotopic (exact) mass is 493 g/mol. The Morgan fingerprint density at radius 1 is 1.33 bits per heavy atom. The van der Waals surface area contributed by atoms with Crippen LogP contribution in [-0.2, 0) is 16.9 Å². The third kappa shape index (κ3) is 3.27. The van der Waals surface area contributed by atoms with Gasteiger partial charge in [-0.15, -0.1) is 0 Å². The number of ether oxygens (including phenoxy) is 1. The molecule has 3 aromatic rings. The number of aromatic nitrogens is 2. The van der Waals surface area contributed by atoms with Crippen molar-refractivity contribution in [1.29, 1.82) is 0 Å². The third-order valence-electron chi connectivity index (χ3n) is 6.40. The van der Waals surface area contributed by atoms with Gasteiger partial charge in [-0.2, -0.15) is 5.10 Å². The number of carbonyl (C=O) groups excluding carboxylic acids is 3. The maximum absolute atomic E-state index is 14.8. The average molecular weight is 493 g/mol. The van der Waals surface area contributed by atoms with Crippen LogP contribution in [0.5, 0.6) is 5.75 Å². The van der Waals surface area contributed by atoms with Crippen molar-refractivity contribution in [3.05, 3.63) is 65.1 Å². The van der Waals surface area contributed by atoms with Crippen molar-refractivity contribution >= 4 is 35.3 Å². The van der Waals surface area contributed by atoms with E-state index in [4.69, 9.17) is 9.15 Å². The van der Waals surface area contributed by atoms with E-state index in [-0.39, 0.29) is 36.3 Å². The average Bonchev–Trinajstić information content (AvgIpc) is 3.62. The first-order valence-electron chi connectivity index (χ1n) is 11.0. The van der Waals surface area contributed by atoms with E-state index in [1.165, 1.54) is 18.1 Å². The zero-order chi connectivity index (χ0) is 25.0. The fourth-order valence-electron chi connectivity index (χ4n) is 4.67. The van der Waals surface area contributed by atoms with E-state index in [0.717, 1.165) is 5.69 Å². The van der Waals surface area contributed by atoms with Crippen LogP contribution in [0.3, 0.4) is 0 Å². The lowest BCUT2D eigenvalue weighted by Crippen LogP contribution is -2.52. The van der Waals surface area contributed by atoms with Gasteiger partial charge >= 0.3 is 6.03 Å². The molecule has 5 N–H and O–H groups in total. The van der Waals surface area contributed by atoms with Gasteiger partial charge in [0, 0.05) is 18.8 Å². The lowest BCUT2D eigenvalue weighted by Gasteiger charge is -2.29. The Labute approximate surface area is 202 Å². The van der Waals surface area contributed by atoms with Crippen LogP contribution in [0.25, 0.3) is 6.08 Å². The number of H-pyrrole nitrogens is 1. The molecule has 2 aromatic heterocycles. The number of methoxy groups -OCH3 is 1. The van der Waals surface area contributed by atoms with Crippen molar-refractivity contribution in [2.24, 2.45) is 0 Å². The quantitative estimate of drug-likeness (QED) is 0.325. The van der Waals surface area contributed by atoms with Crippen molar-refractivity contribution in [2.75, 3.05) is 24.3 Å². The Balaban J connectivity index is 1.30. The molecular formula is C23H20FN7O5. The van der Waals surface area contributed by atoms with Crippen molar-refractivity contribution in [3.63, 3.8) is 0 Å². The molecule has 0 bridgehead atoms. The van der Waals surface area contributed by atoms with Crippen LogP contribution in [0.4, 0.5) is 20.6 Å². The number of urea groups is 1. The van der Waals surface area contributed by atoms with Gasteiger partial charge in [-0.05, 0) is 23.8 Å². The number of fused-ring (bicyclic) bond motifs is 2. The molecule has 13 heteroatoms. The number of nitrogens with one attached hydrogen (secondary N) is 5. The van der Waals surface area contributed by atoms with Gasteiger partial charge in [0.15, 0.2) is 17.1 Å². The molecule has 184 valence electrons. The first-order valence-corrected chi connectivity index (χ1v) is 11.0. The van der Waals surface area contributed by atoms with E-state index in [2.05, 4.69) is 31.5 Å². The van der Waals surface area contributed by atoms with Crippen LogP contribution in [0, 0.1) is 5.82 Å². The molecule has 3 aliphatic heterocycles. The third-order valence-corrected chi connectivity index (χ3v) is 6.40. The Morgan fingerprint density at radius 3 is 2.92 bits per heavy atom. The van der Waals surface area contributed by atoms with Gasteiger partial charge < -0.3 is 30.0 Å². The summed E-state index contributed by atoms with van der Waals surface area (Å²) in [7, 11) is 1.31. The highest BCUT2D eigenvalue weighted by Gasteiger charge is 2.53. The number of carbonyl (C=O) groups is 3. The van der Waals surface area contributed by atoms with E-state index < -0.39 is 29.2 Å². The Hall–Kier alpha value is -4.81. The topological polar surface area (TPSA) is 154 Å². The second-order valence-electron chi connectivity index (χ2n) is 8.59. The number of furan rings is 1. The summed E-state index contributed by atoms with van der Waals surface area (Å²) in [5, 5.41) is 17.9. The van der Waals surface area contributed by atoms with Crippen LogP contribution in [0.15, 0.2) is 41.1 Å². The molecule has 36 heavy (non-hydrogen) atoms. The summed E-state index contributed by atoms with van der Waals surface area (Å²) in [6.07, 6.45) is 6.58. The van der Waals surface area contributed by atoms with E-state index in [1.54, 1.807) is 30.6 Å². The van der Waals surface area contributed by atoms with Gasteiger partial charge in [-0.3, -0.25) is 20.0 Å². The van der Waals surface area contributed by atoms with Crippen molar-refractivity contribution < 1.29 is 27.9 Å². The van der Waals surface area contributed by atoms with Crippen molar-refractivity contribution in [1.82, 2.24) is 25.7 Å². The predicted molar refractivity (Wildman–Crippen MR) is 123 cm³/mol. The molecule has 1 saturated heterocycles. The first kappa shape index (κ1) is 21.7. The number of hydrogen-bond acceptors (Lipinski definition) is 8. The van der Waals surface area contributed by atoms with E-state index >= 15 is 0 Å². The number of anilines is 2. The second kappa shape index (κ2) is 7.86. The summed E-state index contributed by atoms with van der Waals surface area (Å²) in [5.41, 5.74) is -0.0383.